The number of ether oxygens (including phenoxy) is 7. The number of anilines is 3. The fourth-order valence-corrected chi connectivity index (χ4v) is 13.8. The third-order valence-electron chi connectivity index (χ3n) is 18.4. The number of aryl methyl sites for hydroxylation is 2. The molecule has 34 heteroatoms. The number of Topliss-reactive ketones (excluding diaryl/α,β-unsaturated/α-hetero) is 1. The monoisotopic (exact) mass is 1570 g/mol. The molecule has 11 amide bonds. The molecule has 4 aromatic carbocycles. The molecule has 32 nitrogen and oxygen atoms in total. The summed E-state index contributed by atoms with van der Waals surface area (Å²) < 4.78 is 42.0. The molecule has 0 aliphatic carbocycles. The molecule has 9 N–H and O–H groups in total. The van der Waals surface area contributed by atoms with Gasteiger partial charge in [-0.25, -0.2) is 9.59 Å². The van der Waals surface area contributed by atoms with E-state index in [1.165, 1.54) is 11.0 Å². The summed E-state index contributed by atoms with van der Waals surface area (Å²) in [6, 6.07) is 22.2. The van der Waals surface area contributed by atoms with E-state index in [0.717, 1.165) is 37.2 Å². The third kappa shape index (κ3) is 24.2. The number of amides is 11. The number of nitrogens with one attached hydrogen (secondary N) is 7. The Bertz CT molecular complexity index is 4310. The van der Waals surface area contributed by atoms with E-state index < -0.39 is 71.6 Å². The number of aliphatic imine (C=N–C) groups is 1. The third-order valence-corrected chi connectivity index (χ3v) is 19.8. The summed E-state index contributed by atoms with van der Waals surface area (Å²) in [7, 11) is 1.55. The van der Waals surface area contributed by atoms with Crippen LogP contribution in [0.1, 0.15) is 131 Å². The molecule has 9 rings (SSSR count). The molecule has 0 saturated carbocycles. The highest BCUT2D eigenvalue weighted by atomic mass is 35.5. The Morgan fingerprint density at radius 2 is 1.37 bits per heavy atom. The first-order chi connectivity index (χ1) is 53.5. The van der Waals surface area contributed by atoms with E-state index in [9.17, 15) is 52.7 Å². The van der Waals surface area contributed by atoms with Crippen LogP contribution in [-0.2, 0) is 68.6 Å². The van der Waals surface area contributed by atoms with Crippen LogP contribution >= 0.6 is 22.9 Å². The first kappa shape index (κ1) is 84.5. The van der Waals surface area contributed by atoms with Crippen LogP contribution in [0.25, 0.3) is 5.00 Å². The lowest BCUT2D eigenvalue weighted by Crippen LogP contribution is -2.54. The molecular formula is C77H95ClN14O18S. The van der Waals surface area contributed by atoms with Crippen molar-refractivity contribution in [1.82, 2.24) is 45.8 Å². The number of carbonyl (C=O) groups excluding carboxylic acids is 11. The normalized spacial score (nSPS) is 14.9. The summed E-state index contributed by atoms with van der Waals surface area (Å²) in [5.41, 5.74) is 10.9. The van der Waals surface area contributed by atoms with Crippen LogP contribution in [-0.4, -0.2) is 213 Å². The second-order valence-corrected chi connectivity index (χ2v) is 28.3. The quantitative estimate of drug-likeness (QED) is 0.0140. The highest BCUT2D eigenvalue weighted by molar-refractivity contribution is 7.15. The highest BCUT2D eigenvalue weighted by Crippen LogP contribution is 2.40. The predicted octanol–water partition coefficient (Wildman–Crippen LogP) is 7.07. The summed E-state index contributed by atoms with van der Waals surface area (Å²) in [5.74, 6) is -3.66. The summed E-state index contributed by atoms with van der Waals surface area (Å²) in [6.45, 7) is 11.7. The van der Waals surface area contributed by atoms with Crippen molar-refractivity contribution >= 4 is 111 Å². The number of carbonyl (C=O) groups is 11. The Morgan fingerprint density at radius 1 is 0.721 bits per heavy atom. The van der Waals surface area contributed by atoms with Crippen molar-refractivity contribution in [2.24, 2.45) is 22.6 Å². The van der Waals surface area contributed by atoms with Crippen molar-refractivity contribution in [2.45, 2.75) is 111 Å². The minimum absolute atomic E-state index is 0.00892. The van der Waals surface area contributed by atoms with E-state index in [0.29, 0.717) is 64.7 Å². The number of fused-ring (bicyclic) bond motifs is 4. The Hall–Kier alpha value is -10.6. The van der Waals surface area contributed by atoms with E-state index in [2.05, 4.69) is 61.3 Å². The zero-order valence-electron chi connectivity index (χ0n) is 62.9. The molecule has 1 saturated heterocycles. The molecule has 3 aliphatic heterocycles. The number of nitrogens with zero attached hydrogens (tertiary/aromatic N) is 6. The van der Waals surface area contributed by atoms with Crippen molar-refractivity contribution < 1.29 is 85.9 Å². The number of halogens is 1. The van der Waals surface area contributed by atoms with Crippen molar-refractivity contribution in [3.05, 3.63) is 146 Å². The van der Waals surface area contributed by atoms with Crippen LogP contribution in [0.2, 0.25) is 5.02 Å². The van der Waals surface area contributed by atoms with Gasteiger partial charge in [0.15, 0.2) is 11.6 Å². The number of ketones is 1. The molecule has 6 aromatic rings. The maximum absolute atomic E-state index is 14.0. The van der Waals surface area contributed by atoms with Gasteiger partial charge in [0.25, 0.3) is 11.8 Å². The molecule has 2 aromatic heterocycles. The number of thiophene rings is 1. The lowest BCUT2D eigenvalue weighted by atomic mass is 9.89. The van der Waals surface area contributed by atoms with Gasteiger partial charge in [-0.15, -0.1) is 21.5 Å². The zero-order chi connectivity index (χ0) is 79.5. The number of urea groups is 1. The fraction of sp³-hybridized carbons (Fsp3) is 0.455. The molecule has 0 bridgehead atoms. The van der Waals surface area contributed by atoms with Gasteiger partial charge in [-0.2, -0.15) is 0 Å². The first-order valence-electron chi connectivity index (χ1n) is 36.7. The van der Waals surface area contributed by atoms with Crippen LogP contribution < -0.4 is 47.7 Å². The number of hydrogen-bond donors (Lipinski definition) is 8. The zero-order valence-corrected chi connectivity index (χ0v) is 64.5. The smallest absolute Gasteiger partial charge is 0.410 e. The Labute approximate surface area is 651 Å². The van der Waals surface area contributed by atoms with Gasteiger partial charge in [0.2, 0.25) is 35.4 Å². The molecule has 3 aliphatic rings. The average molecular weight is 1570 g/mol. The standard InChI is InChI=1S/C77H95ClN14O18S/c1-46(2)68(86-64(96)27-33-105-38-40-108-39-37-104-32-26-62(94)80-6)61(93)43-52(9-8-28-82-76(79)102)71(98)84-55-18-12-50(13-19-55)45-110-77(103)90(30-35-106-34-29-81-58-11-7-10-57-67(58)74(101)92(73(57)100)60-24-25-63(95)87-72(60)99)31-36-107-41-42-109-56-22-20-54(21-23-56)83-65(97)44-59-70-89-88-49(5)91(70)75-66(47(3)48(4)111-75)69(85-59)51-14-16-53(78)17-15-51/h7,10-23,46,52,59-60,68,81H,8-9,24-45H2,1-6H3,(H,80,94)(H,83,97)(H,84,98)(H,86,96)(H3,79,82,102)(H,87,95,99)/t52-,59+,60?,68+/m1/s1. The highest BCUT2D eigenvalue weighted by Gasteiger charge is 2.46. The number of benzene rings is 4. The summed E-state index contributed by atoms with van der Waals surface area (Å²) in [6.07, 6.45) is -0.257. The van der Waals surface area contributed by atoms with E-state index >= 15 is 0 Å². The molecule has 0 radical (unpaired) electrons. The predicted molar refractivity (Wildman–Crippen MR) is 411 cm³/mol. The van der Waals surface area contributed by atoms with Crippen LogP contribution in [0.3, 0.4) is 0 Å². The minimum atomic E-state index is -1.13. The van der Waals surface area contributed by atoms with Crippen molar-refractivity contribution in [3.8, 4) is 10.8 Å². The molecule has 5 heterocycles. The van der Waals surface area contributed by atoms with Gasteiger partial charge < -0.3 is 75.7 Å². The Kier molecular flexibility index (Phi) is 32.0. The van der Waals surface area contributed by atoms with Gasteiger partial charge in [-0.05, 0) is 118 Å². The molecule has 4 atom stereocenters. The molecule has 1 unspecified atom stereocenters. The number of piperidine rings is 1. The number of imide groups is 2. The van der Waals surface area contributed by atoms with Gasteiger partial charge in [0.05, 0.1) is 95.4 Å². The van der Waals surface area contributed by atoms with E-state index in [1.807, 2.05) is 35.8 Å². The number of primary amides is 1. The maximum atomic E-state index is 14.0. The molecule has 1 fully saturated rings. The SMILES string of the molecule is CNC(=O)CCOCCOCCOCCC(=O)N[C@H](C(=O)C[C@@H](CCCNC(N)=O)C(=O)Nc1ccc(COC(=O)N(CCOCCNc2cccc3c2C(=O)N(C2CCC(=O)NC2=O)C3=O)CCOCCOc2ccc(NC(=O)C[C@@H]3N=C(c4ccc(Cl)cc4)c4c(sc(C)c4C)-n4c(C)nnc43)cc2)cc1)C(C)C. The lowest BCUT2D eigenvalue weighted by molar-refractivity contribution is -0.136. The summed E-state index contributed by atoms with van der Waals surface area (Å²) >= 11 is 7.92. The second kappa shape index (κ2) is 42.0. The van der Waals surface area contributed by atoms with Gasteiger partial charge in [0, 0.05) is 103 Å². The number of nitrogens with two attached hydrogens (primary N) is 1. The van der Waals surface area contributed by atoms with Gasteiger partial charge in [-0.1, -0.05) is 55.8 Å². The van der Waals surface area contributed by atoms with Crippen molar-refractivity contribution in [1.29, 1.82) is 0 Å². The maximum Gasteiger partial charge on any atom is 0.410 e. The van der Waals surface area contributed by atoms with Crippen molar-refractivity contribution in [3.63, 3.8) is 0 Å². The van der Waals surface area contributed by atoms with Gasteiger partial charge in [0.1, 0.15) is 41.9 Å². The van der Waals surface area contributed by atoms with Crippen LogP contribution in [0.15, 0.2) is 96.0 Å². The number of hydrogen-bond acceptors (Lipinski definition) is 23. The number of aromatic nitrogens is 3. The van der Waals surface area contributed by atoms with Crippen molar-refractivity contribution in [2.75, 3.05) is 122 Å². The van der Waals surface area contributed by atoms with E-state index in [1.54, 1.807) is 92.9 Å². The summed E-state index contributed by atoms with van der Waals surface area (Å²) in [5, 5.41) is 29.5. The molecule has 111 heavy (non-hydrogen) atoms. The van der Waals surface area contributed by atoms with Crippen LogP contribution in [0, 0.1) is 32.6 Å². The molecule has 0 spiro atoms. The topological polar surface area (TPSA) is 412 Å². The fourth-order valence-electron chi connectivity index (χ4n) is 12.4. The second-order valence-electron chi connectivity index (χ2n) is 26.7. The van der Waals surface area contributed by atoms with Gasteiger partial charge >= 0.3 is 12.1 Å². The molecular weight excluding hydrogens is 1480 g/mol. The molecule has 594 valence electrons. The Balaban J connectivity index is 0.760. The van der Waals surface area contributed by atoms with Gasteiger partial charge in [-0.3, -0.25) is 62.9 Å². The van der Waals surface area contributed by atoms with Crippen LogP contribution in [0.4, 0.5) is 26.7 Å². The number of rotatable bonds is 44. The van der Waals surface area contributed by atoms with E-state index in [-0.39, 0.29) is 172 Å². The Morgan fingerprint density at radius 3 is 2.05 bits per heavy atom. The largest absolute Gasteiger partial charge is 0.491 e. The van der Waals surface area contributed by atoms with Crippen LogP contribution in [0.5, 0.6) is 5.75 Å². The summed E-state index contributed by atoms with van der Waals surface area (Å²) in [4.78, 5) is 152. The van der Waals surface area contributed by atoms with E-state index in [4.69, 9.17) is 55.5 Å². The average Bonchev–Trinajstić information content (AvgIpc) is 1.60. The minimum Gasteiger partial charge on any atom is -0.491 e. The lowest BCUT2D eigenvalue weighted by Gasteiger charge is -2.27. The first-order valence-corrected chi connectivity index (χ1v) is 37.9.